The Balaban J connectivity index is 1.95. The van der Waals surface area contributed by atoms with Crippen LogP contribution in [0.4, 0.5) is 0 Å². The topological polar surface area (TPSA) is 41.1 Å². The lowest BCUT2D eigenvalue weighted by Gasteiger charge is -2.41. The van der Waals surface area contributed by atoms with E-state index in [1.54, 1.807) is 6.92 Å². The van der Waals surface area contributed by atoms with Crippen LogP contribution in [0, 0.1) is 5.92 Å². The standard InChI is InChI=1S/C14H26N2O/c1-12(17)16-14(7-9-15-10-8-14)11-13-5-3-2-4-6-13/h13,15H,2-11H2,1H3,(H,16,17). The molecule has 2 N–H and O–H groups in total. The molecule has 17 heavy (non-hydrogen) atoms. The van der Waals surface area contributed by atoms with E-state index in [-0.39, 0.29) is 11.4 Å². The largest absolute Gasteiger partial charge is 0.351 e. The molecule has 1 saturated heterocycles. The van der Waals surface area contributed by atoms with Gasteiger partial charge in [-0.25, -0.2) is 0 Å². The van der Waals surface area contributed by atoms with Crippen LogP contribution in [0.25, 0.3) is 0 Å². The zero-order chi connectivity index (χ0) is 12.1. The highest BCUT2D eigenvalue weighted by Gasteiger charge is 2.35. The first-order valence-corrected chi connectivity index (χ1v) is 7.20. The molecule has 2 aliphatic rings. The zero-order valence-electron chi connectivity index (χ0n) is 11.1. The minimum atomic E-state index is 0.0963. The lowest BCUT2D eigenvalue weighted by molar-refractivity contribution is -0.121. The van der Waals surface area contributed by atoms with E-state index in [4.69, 9.17) is 0 Å². The van der Waals surface area contributed by atoms with Crippen molar-refractivity contribution in [3.63, 3.8) is 0 Å². The molecular formula is C14H26N2O. The summed E-state index contributed by atoms with van der Waals surface area (Å²) in [6, 6.07) is 0. The maximum atomic E-state index is 11.4. The fraction of sp³-hybridized carbons (Fsp3) is 0.929. The van der Waals surface area contributed by atoms with Crippen LogP contribution in [0.5, 0.6) is 0 Å². The summed E-state index contributed by atoms with van der Waals surface area (Å²) in [5, 5.41) is 6.66. The molecule has 1 aliphatic carbocycles. The maximum absolute atomic E-state index is 11.4. The van der Waals surface area contributed by atoms with E-state index in [0.29, 0.717) is 0 Å². The Bertz CT molecular complexity index is 253. The molecule has 1 aliphatic heterocycles. The van der Waals surface area contributed by atoms with Crippen molar-refractivity contribution in [2.24, 2.45) is 5.92 Å². The Labute approximate surface area is 105 Å². The second-order valence-corrected chi connectivity index (χ2v) is 5.92. The first kappa shape index (κ1) is 12.9. The number of hydrogen-bond acceptors (Lipinski definition) is 2. The Kier molecular flexibility index (Phi) is 4.43. The second-order valence-electron chi connectivity index (χ2n) is 5.92. The zero-order valence-corrected chi connectivity index (χ0v) is 11.1. The third-order valence-corrected chi connectivity index (χ3v) is 4.41. The van der Waals surface area contributed by atoms with Gasteiger partial charge < -0.3 is 10.6 Å². The molecule has 0 aromatic rings. The van der Waals surface area contributed by atoms with E-state index in [1.165, 1.54) is 38.5 Å². The molecule has 0 aromatic carbocycles. The van der Waals surface area contributed by atoms with Crippen LogP contribution in [-0.2, 0) is 4.79 Å². The molecule has 2 fully saturated rings. The van der Waals surface area contributed by atoms with Crippen LogP contribution in [-0.4, -0.2) is 24.5 Å². The van der Waals surface area contributed by atoms with Gasteiger partial charge in [0.15, 0.2) is 0 Å². The summed E-state index contributed by atoms with van der Waals surface area (Å²) in [7, 11) is 0. The van der Waals surface area contributed by atoms with E-state index in [1.807, 2.05) is 0 Å². The molecule has 0 radical (unpaired) electrons. The number of piperidine rings is 1. The summed E-state index contributed by atoms with van der Waals surface area (Å²) >= 11 is 0. The predicted molar refractivity (Wildman–Crippen MR) is 69.8 cm³/mol. The summed E-state index contributed by atoms with van der Waals surface area (Å²) < 4.78 is 0. The molecule has 1 heterocycles. The molecular weight excluding hydrogens is 212 g/mol. The van der Waals surface area contributed by atoms with Crippen LogP contribution in [0.2, 0.25) is 0 Å². The molecule has 2 rings (SSSR count). The maximum Gasteiger partial charge on any atom is 0.217 e. The SMILES string of the molecule is CC(=O)NC1(CC2CCCCC2)CCNCC1. The van der Waals surface area contributed by atoms with Crippen LogP contribution < -0.4 is 10.6 Å². The van der Waals surface area contributed by atoms with Crippen molar-refractivity contribution in [2.75, 3.05) is 13.1 Å². The molecule has 3 nitrogen and oxygen atoms in total. The van der Waals surface area contributed by atoms with Crippen molar-refractivity contribution in [1.82, 2.24) is 10.6 Å². The molecule has 0 unspecified atom stereocenters. The summed E-state index contributed by atoms with van der Waals surface area (Å²) in [5.74, 6) is 0.983. The highest BCUT2D eigenvalue weighted by atomic mass is 16.1. The Morgan fingerprint density at radius 3 is 2.47 bits per heavy atom. The third-order valence-electron chi connectivity index (χ3n) is 4.41. The number of nitrogens with one attached hydrogen (secondary N) is 2. The van der Waals surface area contributed by atoms with Gasteiger partial charge in [0.1, 0.15) is 0 Å². The minimum absolute atomic E-state index is 0.0963. The van der Waals surface area contributed by atoms with Gasteiger partial charge in [-0.3, -0.25) is 4.79 Å². The van der Waals surface area contributed by atoms with Crippen LogP contribution >= 0.6 is 0 Å². The van der Waals surface area contributed by atoms with Gasteiger partial charge in [0.25, 0.3) is 0 Å². The van der Waals surface area contributed by atoms with Gasteiger partial charge >= 0.3 is 0 Å². The summed E-state index contributed by atoms with van der Waals surface area (Å²) in [4.78, 5) is 11.4. The first-order chi connectivity index (χ1) is 8.20. The number of rotatable bonds is 3. The van der Waals surface area contributed by atoms with Gasteiger partial charge in [-0.15, -0.1) is 0 Å². The van der Waals surface area contributed by atoms with Gasteiger partial charge in [-0.1, -0.05) is 32.1 Å². The van der Waals surface area contributed by atoms with Gasteiger partial charge in [0.2, 0.25) is 5.91 Å². The average molecular weight is 238 g/mol. The van der Waals surface area contributed by atoms with Gasteiger partial charge in [-0.05, 0) is 38.3 Å². The highest BCUT2D eigenvalue weighted by molar-refractivity contribution is 5.73. The number of carbonyl (C=O) groups is 1. The van der Waals surface area contributed by atoms with Gasteiger partial charge in [-0.2, -0.15) is 0 Å². The van der Waals surface area contributed by atoms with Crippen molar-refractivity contribution in [2.45, 2.75) is 63.8 Å². The Morgan fingerprint density at radius 2 is 1.88 bits per heavy atom. The predicted octanol–water partition coefficient (Wildman–Crippen LogP) is 2.22. The van der Waals surface area contributed by atoms with Crippen molar-refractivity contribution < 1.29 is 4.79 Å². The average Bonchev–Trinajstić information content (AvgIpc) is 2.30. The van der Waals surface area contributed by atoms with Crippen LogP contribution in [0.1, 0.15) is 58.3 Å². The Morgan fingerprint density at radius 1 is 1.24 bits per heavy atom. The van der Waals surface area contributed by atoms with E-state index in [2.05, 4.69) is 10.6 Å². The fourth-order valence-corrected chi connectivity index (χ4v) is 3.60. The normalized spacial score (nSPS) is 25.5. The van der Waals surface area contributed by atoms with Crippen LogP contribution in [0.3, 0.4) is 0 Å². The van der Waals surface area contributed by atoms with Gasteiger partial charge in [0, 0.05) is 12.5 Å². The molecule has 0 atom stereocenters. The Hall–Kier alpha value is -0.570. The van der Waals surface area contributed by atoms with Crippen LogP contribution in [0.15, 0.2) is 0 Å². The summed E-state index contributed by atoms with van der Waals surface area (Å²) in [6.45, 7) is 3.75. The molecule has 0 aromatic heterocycles. The molecule has 98 valence electrons. The molecule has 1 saturated carbocycles. The van der Waals surface area contributed by atoms with Crippen molar-refractivity contribution >= 4 is 5.91 Å². The van der Waals surface area contributed by atoms with Gasteiger partial charge in [0.05, 0.1) is 0 Å². The number of carbonyl (C=O) groups excluding carboxylic acids is 1. The third kappa shape index (κ3) is 3.70. The molecule has 0 bridgehead atoms. The van der Waals surface area contributed by atoms with Crippen molar-refractivity contribution in [3.8, 4) is 0 Å². The van der Waals surface area contributed by atoms with E-state index in [9.17, 15) is 4.79 Å². The summed E-state index contributed by atoms with van der Waals surface area (Å²) in [6.07, 6.45) is 10.3. The monoisotopic (exact) mass is 238 g/mol. The number of hydrogen-bond donors (Lipinski definition) is 2. The minimum Gasteiger partial charge on any atom is -0.351 e. The smallest absolute Gasteiger partial charge is 0.217 e. The first-order valence-electron chi connectivity index (χ1n) is 7.20. The fourth-order valence-electron chi connectivity index (χ4n) is 3.60. The molecule has 0 spiro atoms. The lowest BCUT2D eigenvalue weighted by atomic mass is 9.75. The van der Waals surface area contributed by atoms with Crippen molar-refractivity contribution in [1.29, 1.82) is 0 Å². The molecule has 1 amide bonds. The highest BCUT2D eigenvalue weighted by Crippen LogP contribution is 2.34. The lowest BCUT2D eigenvalue weighted by Crippen LogP contribution is -2.55. The quantitative estimate of drug-likeness (QED) is 0.791. The molecule has 3 heteroatoms. The second kappa shape index (κ2) is 5.85. The van der Waals surface area contributed by atoms with Crippen molar-refractivity contribution in [3.05, 3.63) is 0 Å². The van der Waals surface area contributed by atoms with E-state index in [0.717, 1.165) is 31.8 Å². The summed E-state index contributed by atoms with van der Waals surface area (Å²) in [5.41, 5.74) is 0.0963. The number of amides is 1. The van der Waals surface area contributed by atoms with E-state index >= 15 is 0 Å². The van der Waals surface area contributed by atoms with E-state index < -0.39 is 0 Å².